The van der Waals surface area contributed by atoms with Crippen molar-refractivity contribution in [3.8, 4) is 0 Å². The summed E-state index contributed by atoms with van der Waals surface area (Å²) in [6.45, 7) is 3.96. The van der Waals surface area contributed by atoms with Crippen molar-refractivity contribution < 1.29 is 18.3 Å². The number of hydrogen-bond donors (Lipinski definition) is 2. The zero-order valence-electron chi connectivity index (χ0n) is 10.3. The van der Waals surface area contributed by atoms with Crippen molar-refractivity contribution in [1.29, 1.82) is 0 Å². The predicted molar refractivity (Wildman–Crippen MR) is 63.8 cm³/mol. The van der Waals surface area contributed by atoms with Gasteiger partial charge in [-0.2, -0.15) is 0 Å². The summed E-state index contributed by atoms with van der Waals surface area (Å²) in [5.74, 6) is 0.0303. The molecule has 0 saturated carbocycles. The first-order valence-electron chi connectivity index (χ1n) is 5.56. The Hall–Kier alpha value is -0.170. The molecule has 0 heterocycles. The van der Waals surface area contributed by atoms with Gasteiger partial charge in [0.25, 0.3) is 0 Å². The molecule has 0 rings (SSSR count). The van der Waals surface area contributed by atoms with Gasteiger partial charge in [-0.05, 0) is 19.3 Å². The Morgan fingerprint density at radius 3 is 2.25 bits per heavy atom. The van der Waals surface area contributed by atoms with E-state index in [0.29, 0.717) is 25.9 Å². The molecule has 0 atom stereocenters. The third-order valence-corrected chi connectivity index (χ3v) is 4.36. The van der Waals surface area contributed by atoms with Crippen LogP contribution in [0, 0.1) is 0 Å². The molecule has 0 spiro atoms. The van der Waals surface area contributed by atoms with E-state index in [2.05, 4.69) is 4.72 Å². The van der Waals surface area contributed by atoms with Gasteiger partial charge in [-0.15, -0.1) is 0 Å². The van der Waals surface area contributed by atoms with E-state index in [0.717, 1.165) is 0 Å². The van der Waals surface area contributed by atoms with E-state index in [1.54, 1.807) is 0 Å². The van der Waals surface area contributed by atoms with Crippen LogP contribution in [-0.4, -0.2) is 45.1 Å². The standard InChI is InChI=1S/C10H23NO4S/c1-4-10(5-2,9-12)11-16(13,14)8-6-7-15-3/h11-12H,4-9H2,1-3H3. The number of nitrogens with one attached hydrogen (secondary N) is 1. The lowest BCUT2D eigenvalue weighted by atomic mass is 9.96. The van der Waals surface area contributed by atoms with Gasteiger partial charge in [-0.3, -0.25) is 0 Å². The Morgan fingerprint density at radius 1 is 1.31 bits per heavy atom. The molecule has 0 unspecified atom stereocenters. The van der Waals surface area contributed by atoms with Crippen LogP contribution in [0.4, 0.5) is 0 Å². The highest BCUT2D eigenvalue weighted by Crippen LogP contribution is 2.15. The van der Waals surface area contributed by atoms with E-state index in [1.807, 2.05) is 13.8 Å². The molecule has 0 aliphatic heterocycles. The zero-order valence-corrected chi connectivity index (χ0v) is 11.1. The van der Waals surface area contributed by atoms with Gasteiger partial charge in [-0.25, -0.2) is 13.1 Å². The van der Waals surface area contributed by atoms with E-state index in [9.17, 15) is 13.5 Å². The first-order chi connectivity index (χ1) is 7.45. The van der Waals surface area contributed by atoms with Gasteiger partial charge in [-0.1, -0.05) is 13.8 Å². The Kier molecular flexibility index (Phi) is 7.14. The molecular formula is C10H23NO4S. The van der Waals surface area contributed by atoms with Crippen LogP contribution >= 0.6 is 0 Å². The topological polar surface area (TPSA) is 75.6 Å². The first kappa shape index (κ1) is 15.8. The van der Waals surface area contributed by atoms with E-state index in [1.165, 1.54) is 7.11 Å². The Balaban J connectivity index is 4.42. The summed E-state index contributed by atoms with van der Waals surface area (Å²) < 4.78 is 30.8. The van der Waals surface area contributed by atoms with Crippen molar-refractivity contribution >= 4 is 10.0 Å². The lowest BCUT2D eigenvalue weighted by Crippen LogP contribution is -2.51. The van der Waals surface area contributed by atoms with Gasteiger partial charge < -0.3 is 9.84 Å². The molecule has 5 nitrogen and oxygen atoms in total. The Labute approximate surface area is 98.2 Å². The van der Waals surface area contributed by atoms with Crippen molar-refractivity contribution in [3.05, 3.63) is 0 Å². The molecule has 0 amide bonds. The van der Waals surface area contributed by atoms with Gasteiger partial charge in [0.15, 0.2) is 0 Å². The van der Waals surface area contributed by atoms with Crippen molar-refractivity contribution in [2.24, 2.45) is 0 Å². The molecule has 0 aliphatic rings. The fraction of sp³-hybridized carbons (Fsp3) is 1.00. The normalized spacial score (nSPS) is 13.0. The van der Waals surface area contributed by atoms with E-state index >= 15 is 0 Å². The molecule has 0 aromatic heterocycles. The number of methoxy groups -OCH3 is 1. The van der Waals surface area contributed by atoms with Crippen LogP contribution in [0.5, 0.6) is 0 Å². The quantitative estimate of drug-likeness (QED) is 0.587. The average Bonchev–Trinajstić information content (AvgIpc) is 2.26. The van der Waals surface area contributed by atoms with Crippen LogP contribution in [0.2, 0.25) is 0 Å². The summed E-state index contributed by atoms with van der Waals surface area (Å²) in [5.41, 5.74) is -0.716. The summed E-state index contributed by atoms with van der Waals surface area (Å²) in [5, 5.41) is 9.26. The molecule has 98 valence electrons. The van der Waals surface area contributed by atoms with E-state index in [-0.39, 0.29) is 12.4 Å². The molecule has 0 bridgehead atoms. The number of ether oxygens (including phenoxy) is 1. The molecule has 6 heteroatoms. The van der Waals surface area contributed by atoms with Crippen molar-refractivity contribution in [2.45, 2.75) is 38.6 Å². The number of hydrogen-bond acceptors (Lipinski definition) is 4. The second-order valence-corrected chi connectivity index (χ2v) is 5.75. The maximum atomic E-state index is 11.7. The minimum Gasteiger partial charge on any atom is -0.394 e. The smallest absolute Gasteiger partial charge is 0.212 e. The average molecular weight is 253 g/mol. The van der Waals surface area contributed by atoms with Crippen molar-refractivity contribution in [3.63, 3.8) is 0 Å². The molecule has 0 saturated heterocycles. The van der Waals surface area contributed by atoms with Crippen molar-refractivity contribution in [2.75, 3.05) is 26.1 Å². The number of aliphatic hydroxyl groups is 1. The fourth-order valence-corrected chi connectivity index (χ4v) is 3.04. The van der Waals surface area contributed by atoms with Gasteiger partial charge in [0, 0.05) is 13.7 Å². The largest absolute Gasteiger partial charge is 0.394 e. The molecule has 0 aromatic carbocycles. The minimum atomic E-state index is -3.34. The highest BCUT2D eigenvalue weighted by molar-refractivity contribution is 7.89. The SMILES string of the molecule is CCC(CC)(CO)NS(=O)(=O)CCCOC. The highest BCUT2D eigenvalue weighted by atomic mass is 32.2. The summed E-state index contributed by atoms with van der Waals surface area (Å²) in [6.07, 6.45) is 1.60. The molecular weight excluding hydrogens is 230 g/mol. The summed E-state index contributed by atoms with van der Waals surface area (Å²) in [4.78, 5) is 0. The fourth-order valence-electron chi connectivity index (χ4n) is 1.42. The van der Waals surface area contributed by atoms with Crippen LogP contribution in [0.3, 0.4) is 0 Å². The molecule has 0 radical (unpaired) electrons. The minimum absolute atomic E-state index is 0.0303. The summed E-state index contributed by atoms with van der Waals surface area (Å²) in [7, 11) is -1.80. The maximum absolute atomic E-state index is 11.7. The first-order valence-corrected chi connectivity index (χ1v) is 7.22. The second-order valence-electron chi connectivity index (χ2n) is 3.91. The Bertz CT molecular complexity index is 264. The predicted octanol–water partition coefficient (Wildman–Crippen LogP) is 0.493. The Morgan fingerprint density at radius 2 is 1.88 bits per heavy atom. The second kappa shape index (κ2) is 7.21. The molecule has 0 aromatic rings. The van der Waals surface area contributed by atoms with Gasteiger partial charge >= 0.3 is 0 Å². The third kappa shape index (κ3) is 5.25. The molecule has 2 N–H and O–H groups in total. The lowest BCUT2D eigenvalue weighted by Gasteiger charge is -2.30. The zero-order chi connectivity index (χ0) is 12.7. The van der Waals surface area contributed by atoms with Crippen LogP contribution in [0.15, 0.2) is 0 Å². The summed E-state index contributed by atoms with van der Waals surface area (Å²) in [6, 6.07) is 0. The number of aliphatic hydroxyl groups excluding tert-OH is 1. The van der Waals surface area contributed by atoms with Gasteiger partial charge in [0.1, 0.15) is 0 Å². The van der Waals surface area contributed by atoms with Crippen LogP contribution < -0.4 is 4.72 Å². The summed E-state index contributed by atoms with van der Waals surface area (Å²) >= 11 is 0. The van der Waals surface area contributed by atoms with Gasteiger partial charge in [0.2, 0.25) is 10.0 Å². The molecule has 0 fully saturated rings. The number of sulfonamides is 1. The van der Waals surface area contributed by atoms with E-state index in [4.69, 9.17) is 4.74 Å². The van der Waals surface area contributed by atoms with E-state index < -0.39 is 15.6 Å². The number of rotatable bonds is 9. The highest BCUT2D eigenvalue weighted by Gasteiger charge is 2.30. The molecule has 0 aliphatic carbocycles. The van der Waals surface area contributed by atoms with Crippen LogP contribution in [0.25, 0.3) is 0 Å². The van der Waals surface area contributed by atoms with Crippen molar-refractivity contribution in [1.82, 2.24) is 4.72 Å². The van der Waals surface area contributed by atoms with Gasteiger partial charge in [0.05, 0.1) is 17.9 Å². The van der Waals surface area contributed by atoms with Crippen LogP contribution in [0.1, 0.15) is 33.1 Å². The maximum Gasteiger partial charge on any atom is 0.212 e. The molecule has 16 heavy (non-hydrogen) atoms. The monoisotopic (exact) mass is 253 g/mol. The van der Waals surface area contributed by atoms with Crippen LogP contribution in [-0.2, 0) is 14.8 Å². The lowest BCUT2D eigenvalue weighted by molar-refractivity contribution is 0.172. The third-order valence-electron chi connectivity index (χ3n) is 2.79.